The van der Waals surface area contributed by atoms with Crippen LogP contribution in [0.15, 0.2) is 30.3 Å². The molecule has 38 heavy (non-hydrogen) atoms. The summed E-state index contributed by atoms with van der Waals surface area (Å²) < 4.78 is 55.2. The Labute approximate surface area is 222 Å². The van der Waals surface area contributed by atoms with Crippen LogP contribution in [0.2, 0.25) is 0 Å². The minimum absolute atomic E-state index is 0.245. The third kappa shape index (κ3) is 4.43. The Kier molecular flexibility index (Phi) is 6.14. The van der Waals surface area contributed by atoms with Crippen molar-refractivity contribution in [2.75, 3.05) is 41.8 Å². The fourth-order valence-electron chi connectivity index (χ4n) is 6.01. The smallest absolute Gasteiger partial charge is 0.327 e. The first kappa shape index (κ1) is 25.5. The van der Waals surface area contributed by atoms with Crippen molar-refractivity contribution in [2.45, 2.75) is 57.5 Å². The third-order valence-electron chi connectivity index (χ3n) is 8.48. The van der Waals surface area contributed by atoms with Crippen LogP contribution < -0.4 is 8.61 Å². The molecule has 1 saturated carbocycles. The van der Waals surface area contributed by atoms with Crippen molar-refractivity contribution in [3.05, 3.63) is 41.5 Å². The number of fused-ring (bicyclic) bond motifs is 1. The van der Waals surface area contributed by atoms with Gasteiger partial charge < -0.3 is 4.90 Å². The van der Waals surface area contributed by atoms with Crippen LogP contribution in [0, 0.1) is 12.8 Å². The molecular formula is C27H33F2N5O3S. The van der Waals surface area contributed by atoms with Gasteiger partial charge in [-0.25, -0.2) is 22.4 Å². The largest absolute Gasteiger partial charge is 0.340 e. The standard InChI is InChI=1S/C27H33F2N5O3S/c1-18-5-6-19(16-32-12-9-21(10-13-32)33-11-3-4-25(33)35)14-22(18)23-7-8-24-26(30-23)31(2)38(36,37)34(24)17-20-15-27(20,28)29/h5-8,14,20-21H,3-4,9-13,15-17H2,1-2H3. The van der Waals surface area contributed by atoms with Gasteiger partial charge in [-0.15, -0.1) is 0 Å². The normalized spacial score (nSPS) is 24.8. The van der Waals surface area contributed by atoms with Gasteiger partial charge in [-0.1, -0.05) is 12.1 Å². The van der Waals surface area contributed by atoms with Crippen molar-refractivity contribution in [2.24, 2.45) is 5.92 Å². The summed E-state index contributed by atoms with van der Waals surface area (Å²) >= 11 is 0. The van der Waals surface area contributed by atoms with E-state index in [0.29, 0.717) is 29.8 Å². The van der Waals surface area contributed by atoms with Crippen LogP contribution in [0.4, 0.5) is 20.3 Å². The fourth-order valence-corrected chi connectivity index (χ4v) is 7.41. The molecule has 8 nitrogen and oxygen atoms in total. The number of carbonyl (C=O) groups excluding carboxylic acids is 1. The summed E-state index contributed by atoms with van der Waals surface area (Å²) in [5.41, 5.74) is 4.07. The zero-order valence-electron chi connectivity index (χ0n) is 21.7. The second kappa shape index (κ2) is 9.15. The molecule has 1 aromatic heterocycles. The first-order valence-corrected chi connectivity index (χ1v) is 14.7. The molecule has 1 amide bonds. The average Bonchev–Trinajstić information content (AvgIpc) is 3.18. The molecule has 0 bridgehead atoms. The number of piperidine rings is 1. The number of benzene rings is 1. The van der Waals surface area contributed by atoms with Crippen LogP contribution >= 0.6 is 0 Å². The van der Waals surface area contributed by atoms with Gasteiger partial charge in [-0.3, -0.25) is 9.69 Å². The number of halogens is 2. The first-order valence-electron chi connectivity index (χ1n) is 13.3. The van der Waals surface area contributed by atoms with Gasteiger partial charge in [-0.05, 0) is 55.5 Å². The lowest BCUT2D eigenvalue weighted by Gasteiger charge is -2.36. The summed E-state index contributed by atoms with van der Waals surface area (Å²) in [6, 6.07) is 10.1. The zero-order chi connectivity index (χ0) is 26.8. The summed E-state index contributed by atoms with van der Waals surface area (Å²) in [5.74, 6) is -3.21. The highest BCUT2D eigenvalue weighted by atomic mass is 32.2. The molecular weight excluding hydrogens is 512 g/mol. The minimum Gasteiger partial charge on any atom is -0.340 e. The van der Waals surface area contributed by atoms with Crippen molar-refractivity contribution < 1.29 is 22.0 Å². The van der Waals surface area contributed by atoms with Crippen molar-refractivity contribution in [1.82, 2.24) is 14.8 Å². The summed E-state index contributed by atoms with van der Waals surface area (Å²) in [4.78, 5) is 21.3. The Morgan fingerprint density at radius 2 is 1.84 bits per heavy atom. The highest BCUT2D eigenvalue weighted by Crippen LogP contribution is 2.51. The number of anilines is 2. The second-order valence-electron chi connectivity index (χ2n) is 11.1. The Bertz CT molecular complexity index is 1380. The Morgan fingerprint density at radius 3 is 2.50 bits per heavy atom. The van der Waals surface area contributed by atoms with Gasteiger partial charge in [0, 0.05) is 70.1 Å². The lowest BCUT2D eigenvalue weighted by atomic mass is 9.99. The van der Waals surface area contributed by atoms with Gasteiger partial charge in [0.25, 0.3) is 5.92 Å². The van der Waals surface area contributed by atoms with Crippen LogP contribution in [0.1, 0.15) is 43.2 Å². The monoisotopic (exact) mass is 545 g/mol. The van der Waals surface area contributed by atoms with Gasteiger partial charge in [0.05, 0.1) is 11.4 Å². The summed E-state index contributed by atoms with van der Waals surface area (Å²) in [6.07, 6.45) is 3.34. The number of amides is 1. The van der Waals surface area contributed by atoms with E-state index in [1.165, 1.54) is 7.05 Å². The molecule has 2 aromatic rings. The highest BCUT2D eigenvalue weighted by molar-refractivity contribution is 7.94. The van der Waals surface area contributed by atoms with E-state index >= 15 is 0 Å². The molecule has 11 heteroatoms. The molecule has 3 fully saturated rings. The van der Waals surface area contributed by atoms with E-state index in [1.54, 1.807) is 12.1 Å². The molecule has 3 aliphatic heterocycles. The number of hydrogen-bond donors (Lipinski definition) is 0. The van der Waals surface area contributed by atoms with Crippen molar-refractivity contribution in [3.63, 3.8) is 0 Å². The van der Waals surface area contributed by atoms with Crippen molar-refractivity contribution in [1.29, 1.82) is 0 Å². The van der Waals surface area contributed by atoms with Gasteiger partial charge in [-0.2, -0.15) is 8.42 Å². The third-order valence-corrected chi connectivity index (χ3v) is 10.2. The number of aryl methyl sites for hydroxylation is 1. The summed E-state index contributed by atoms with van der Waals surface area (Å²) in [6.45, 7) is 5.30. The number of likely N-dealkylation sites (tertiary alicyclic amines) is 2. The second-order valence-corrected chi connectivity index (χ2v) is 12.9. The fraction of sp³-hybridized carbons (Fsp3) is 0.556. The number of aromatic nitrogens is 1. The molecule has 0 N–H and O–H groups in total. The Morgan fingerprint density at radius 1 is 1.11 bits per heavy atom. The van der Waals surface area contributed by atoms with Crippen LogP contribution in [-0.2, 0) is 21.5 Å². The van der Waals surface area contributed by atoms with Crippen LogP contribution in [0.3, 0.4) is 0 Å². The molecule has 2 saturated heterocycles. The topological polar surface area (TPSA) is 77.1 Å². The van der Waals surface area contributed by atoms with Crippen LogP contribution in [0.25, 0.3) is 11.3 Å². The number of alkyl halides is 2. The van der Waals surface area contributed by atoms with E-state index in [2.05, 4.69) is 28.0 Å². The molecule has 1 aromatic carbocycles. The SMILES string of the molecule is Cc1ccc(CN2CCC(N3CCCC3=O)CC2)cc1-c1ccc2c(n1)N(C)S(=O)(=O)N2CC1CC1(F)F. The number of nitrogens with zero attached hydrogens (tertiary/aromatic N) is 5. The van der Waals surface area contributed by atoms with E-state index in [9.17, 15) is 22.0 Å². The minimum atomic E-state index is -3.94. The molecule has 1 unspecified atom stereocenters. The summed E-state index contributed by atoms with van der Waals surface area (Å²) in [5, 5.41) is 0. The van der Waals surface area contributed by atoms with Gasteiger partial charge in [0.15, 0.2) is 5.82 Å². The van der Waals surface area contributed by atoms with Crippen LogP contribution in [0.5, 0.6) is 0 Å². The van der Waals surface area contributed by atoms with Crippen molar-refractivity contribution in [3.8, 4) is 11.3 Å². The highest BCUT2D eigenvalue weighted by Gasteiger charge is 2.59. The zero-order valence-corrected chi connectivity index (χ0v) is 22.6. The van der Waals surface area contributed by atoms with Gasteiger partial charge in [0.2, 0.25) is 5.91 Å². The maximum Gasteiger partial charge on any atom is 0.327 e. The van der Waals surface area contributed by atoms with Crippen molar-refractivity contribution >= 4 is 27.6 Å². The molecule has 1 aliphatic carbocycles. The predicted octanol–water partition coefficient (Wildman–Crippen LogP) is 3.80. The molecule has 0 spiro atoms. The predicted molar refractivity (Wildman–Crippen MR) is 141 cm³/mol. The number of pyridine rings is 1. The molecule has 6 rings (SSSR count). The number of rotatable bonds is 6. The molecule has 4 heterocycles. The van der Waals surface area contributed by atoms with E-state index in [0.717, 1.165) is 70.7 Å². The molecule has 1 atom stereocenters. The maximum atomic E-state index is 13.5. The first-order chi connectivity index (χ1) is 18.0. The van der Waals surface area contributed by atoms with Gasteiger partial charge >= 0.3 is 10.2 Å². The van der Waals surface area contributed by atoms with Gasteiger partial charge in [0.1, 0.15) is 0 Å². The van der Waals surface area contributed by atoms with Crippen LogP contribution in [-0.4, -0.2) is 74.3 Å². The Balaban J connectivity index is 1.19. The summed E-state index contributed by atoms with van der Waals surface area (Å²) in [7, 11) is -2.53. The Hall–Kier alpha value is -2.79. The average molecular weight is 546 g/mol. The van der Waals surface area contributed by atoms with E-state index in [4.69, 9.17) is 4.98 Å². The maximum absolute atomic E-state index is 13.5. The van der Waals surface area contributed by atoms with E-state index in [1.807, 2.05) is 6.92 Å². The number of hydrogen-bond acceptors (Lipinski definition) is 5. The quantitative estimate of drug-likeness (QED) is 0.552. The van der Waals surface area contributed by atoms with E-state index in [-0.39, 0.29) is 18.8 Å². The lowest BCUT2D eigenvalue weighted by Crippen LogP contribution is -2.45. The molecule has 204 valence electrons. The van der Waals surface area contributed by atoms with E-state index < -0.39 is 22.0 Å². The molecule has 4 aliphatic rings. The lowest BCUT2D eigenvalue weighted by molar-refractivity contribution is -0.130. The number of carbonyl (C=O) groups is 1. The molecule has 0 radical (unpaired) electrons.